The van der Waals surface area contributed by atoms with Crippen LogP contribution in [0.1, 0.15) is 11.3 Å². The maximum Gasteiger partial charge on any atom is 0.344 e. The number of carboxylic acids is 1. The third kappa shape index (κ3) is 3.64. The largest absolute Gasteiger partial charge is 0.479 e. The second kappa shape index (κ2) is 6.30. The maximum atomic E-state index is 10.4. The monoisotopic (exact) mass is 256 g/mol. The molecule has 0 aliphatic heterocycles. The smallest absolute Gasteiger partial charge is 0.344 e. The van der Waals surface area contributed by atoms with Gasteiger partial charge < -0.3 is 9.94 Å². The lowest BCUT2D eigenvalue weighted by Crippen LogP contribution is -2.09. The van der Waals surface area contributed by atoms with E-state index in [0.29, 0.717) is 11.4 Å². The Bertz CT molecular complexity index is 526. The molecule has 2 rings (SSSR count). The Hall–Kier alpha value is -2.69. The molecule has 1 aromatic carbocycles. The summed E-state index contributed by atoms with van der Waals surface area (Å²) in [6.45, 7) is -0.483. The Morgan fingerprint density at radius 2 is 1.89 bits per heavy atom. The number of hydrogen-bond donors (Lipinski definition) is 1. The molecular formula is C14H12N2O3. The van der Waals surface area contributed by atoms with Crippen molar-refractivity contribution in [2.24, 2.45) is 5.16 Å². The topological polar surface area (TPSA) is 71.8 Å². The normalized spacial score (nSPS) is 11.1. The average molecular weight is 256 g/mol. The van der Waals surface area contributed by atoms with Crippen molar-refractivity contribution >= 4 is 11.7 Å². The van der Waals surface area contributed by atoms with Gasteiger partial charge in [-0.05, 0) is 12.1 Å². The first kappa shape index (κ1) is 12.8. The van der Waals surface area contributed by atoms with Gasteiger partial charge in [-0.3, -0.25) is 4.98 Å². The molecule has 0 saturated carbocycles. The van der Waals surface area contributed by atoms with E-state index in [1.54, 1.807) is 18.3 Å². The summed E-state index contributed by atoms with van der Waals surface area (Å²) in [5.41, 5.74) is 1.94. The van der Waals surface area contributed by atoms with Gasteiger partial charge in [0.1, 0.15) is 5.71 Å². The van der Waals surface area contributed by atoms with Crippen molar-refractivity contribution in [2.45, 2.75) is 0 Å². The number of aliphatic carboxylic acids is 1. The summed E-state index contributed by atoms with van der Waals surface area (Å²) in [6.07, 6.45) is 1.64. The summed E-state index contributed by atoms with van der Waals surface area (Å²) in [5.74, 6) is -1.07. The predicted octanol–water partition coefficient (Wildman–Crippen LogP) is 1.94. The molecule has 0 spiro atoms. The molecule has 0 atom stereocenters. The SMILES string of the molecule is O=C(O)CON=C(c1ccccc1)c1ccccn1. The third-order valence-electron chi connectivity index (χ3n) is 2.30. The van der Waals surface area contributed by atoms with Crippen LogP contribution in [0, 0.1) is 0 Å². The van der Waals surface area contributed by atoms with Crippen molar-refractivity contribution in [2.75, 3.05) is 6.61 Å². The van der Waals surface area contributed by atoms with Gasteiger partial charge in [-0.15, -0.1) is 0 Å². The highest BCUT2D eigenvalue weighted by Gasteiger charge is 2.09. The van der Waals surface area contributed by atoms with Crippen LogP contribution in [0.25, 0.3) is 0 Å². The van der Waals surface area contributed by atoms with Gasteiger partial charge in [0.25, 0.3) is 0 Å². The molecule has 5 nitrogen and oxygen atoms in total. The third-order valence-corrected chi connectivity index (χ3v) is 2.30. The van der Waals surface area contributed by atoms with E-state index >= 15 is 0 Å². The molecule has 1 aromatic heterocycles. The van der Waals surface area contributed by atoms with Crippen molar-refractivity contribution in [3.8, 4) is 0 Å². The highest BCUT2D eigenvalue weighted by atomic mass is 16.6. The van der Waals surface area contributed by atoms with Gasteiger partial charge in [-0.2, -0.15) is 0 Å². The van der Waals surface area contributed by atoms with Crippen molar-refractivity contribution in [3.05, 3.63) is 66.0 Å². The number of nitrogens with zero attached hydrogens (tertiary/aromatic N) is 2. The summed E-state index contributed by atoms with van der Waals surface area (Å²) in [6, 6.07) is 14.8. The van der Waals surface area contributed by atoms with Crippen LogP contribution >= 0.6 is 0 Å². The summed E-state index contributed by atoms with van der Waals surface area (Å²) in [4.78, 5) is 19.5. The van der Waals surface area contributed by atoms with Crippen molar-refractivity contribution < 1.29 is 14.7 Å². The minimum Gasteiger partial charge on any atom is -0.479 e. The van der Waals surface area contributed by atoms with E-state index in [0.717, 1.165) is 5.56 Å². The molecule has 5 heteroatoms. The number of carboxylic acid groups (broad SMARTS) is 1. The summed E-state index contributed by atoms with van der Waals surface area (Å²) < 4.78 is 0. The van der Waals surface area contributed by atoms with E-state index in [1.807, 2.05) is 36.4 Å². The van der Waals surface area contributed by atoms with Crippen LogP contribution in [0.2, 0.25) is 0 Å². The van der Waals surface area contributed by atoms with Gasteiger partial charge in [0.15, 0.2) is 0 Å². The van der Waals surface area contributed by atoms with Crippen LogP contribution in [0.5, 0.6) is 0 Å². The zero-order chi connectivity index (χ0) is 13.5. The van der Waals surface area contributed by atoms with Gasteiger partial charge in [0.2, 0.25) is 6.61 Å². The number of carbonyl (C=O) groups is 1. The molecule has 0 aliphatic rings. The standard InChI is InChI=1S/C14H12N2O3/c17-13(18)10-19-16-14(11-6-2-1-3-7-11)12-8-4-5-9-15-12/h1-9H,10H2,(H,17,18). The fraction of sp³-hybridized carbons (Fsp3) is 0.0714. The van der Waals surface area contributed by atoms with Gasteiger partial charge in [-0.25, -0.2) is 4.79 Å². The fourth-order valence-corrected chi connectivity index (χ4v) is 1.50. The number of pyridine rings is 1. The molecule has 1 N–H and O–H groups in total. The van der Waals surface area contributed by atoms with Crippen LogP contribution in [-0.2, 0) is 9.63 Å². The van der Waals surface area contributed by atoms with Crippen LogP contribution in [0.3, 0.4) is 0 Å². The molecule has 1 heterocycles. The van der Waals surface area contributed by atoms with Gasteiger partial charge in [0, 0.05) is 11.8 Å². The Morgan fingerprint density at radius 3 is 2.53 bits per heavy atom. The zero-order valence-electron chi connectivity index (χ0n) is 10.1. The van der Waals surface area contributed by atoms with E-state index < -0.39 is 12.6 Å². The lowest BCUT2D eigenvalue weighted by molar-refractivity contribution is -0.142. The number of rotatable bonds is 5. The van der Waals surface area contributed by atoms with Gasteiger partial charge >= 0.3 is 5.97 Å². The van der Waals surface area contributed by atoms with Crippen molar-refractivity contribution in [1.29, 1.82) is 0 Å². The first-order valence-electron chi connectivity index (χ1n) is 5.66. The Balaban J connectivity index is 2.31. The molecule has 96 valence electrons. The first-order valence-corrected chi connectivity index (χ1v) is 5.66. The van der Waals surface area contributed by atoms with Crippen molar-refractivity contribution in [3.63, 3.8) is 0 Å². The average Bonchev–Trinajstić information content (AvgIpc) is 2.45. The van der Waals surface area contributed by atoms with Crippen LogP contribution < -0.4 is 0 Å². The van der Waals surface area contributed by atoms with E-state index in [9.17, 15) is 4.79 Å². The molecule has 2 aromatic rings. The van der Waals surface area contributed by atoms with Crippen molar-refractivity contribution in [1.82, 2.24) is 4.98 Å². The number of oxime groups is 1. The van der Waals surface area contributed by atoms with Crippen LogP contribution in [0.15, 0.2) is 59.9 Å². The molecule has 0 aliphatic carbocycles. The first-order chi connectivity index (χ1) is 9.27. The van der Waals surface area contributed by atoms with Crippen LogP contribution in [0.4, 0.5) is 0 Å². The molecule has 0 saturated heterocycles. The molecule has 19 heavy (non-hydrogen) atoms. The molecule has 0 unspecified atom stereocenters. The molecule has 0 bridgehead atoms. The minimum atomic E-state index is -1.07. The zero-order valence-corrected chi connectivity index (χ0v) is 10.1. The summed E-state index contributed by atoms with van der Waals surface area (Å²) >= 11 is 0. The Labute approximate surface area is 110 Å². The minimum absolute atomic E-state index is 0.483. The number of benzene rings is 1. The number of aromatic nitrogens is 1. The van der Waals surface area contributed by atoms with E-state index in [4.69, 9.17) is 9.94 Å². The lowest BCUT2D eigenvalue weighted by Gasteiger charge is -2.05. The van der Waals surface area contributed by atoms with Crippen LogP contribution in [-0.4, -0.2) is 28.4 Å². The fourth-order valence-electron chi connectivity index (χ4n) is 1.50. The number of hydrogen-bond acceptors (Lipinski definition) is 4. The summed E-state index contributed by atoms with van der Waals surface area (Å²) in [5, 5.41) is 12.4. The second-order valence-corrected chi connectivity index (χ2v) is 3.69. The van der Waals surface area contributed by atoms with E-state index in [-0.39, 0.29) is 0 Å². The lowest BCUT2D eigenvalue weighted by atomic mass is 10.1. The predicted molar refractivity (Wildman–Crippen MR) is 69.9 cm³/mol. The van der Waals surface area contributed by atoms with E-state index in [2.05, 4.69) is 10.1 Å². The van der Waals surface area contributed by atoms with Gasteiger partial charge in [-0.1, -0.05) is 41.6 Å². The highest BCUT2D eigenvalue weighted by Crippen LogP contribution is 2.08. The Morgan fingerprint density at radius 1 is 1.16 bits per heavy atom. The molecule has 0 radical (unpaired) electrons. The molecule has 0 fully saturated rings. The quantitative estimate of drug-likeness (QED) is 0.655. The maximum absolute atomic E-state index is 10.4. The van der Waals surface area contributed by atoms with Gasteiger partial charge in [0.05, 0.1) is 5.69 Å². The second-order valence-electron chi connectivity index (χ2n) is 3.69. The molecule has 0 amide bonds. The van der Waals surface area contributed by atoms with E-state index in [1.165, 1.54) is 0 Å². The highest BCUT2D eigenvalue weighted by molar-refractivity contribution is 6.11. The summed E-state index contributed by atoms with van der Waals surface area (Å²) in [7, 11) is 0. The molecular weight excluding hydrogens is 244 g/mol. The Kier molecular flexibility index (Phi) is 4.23.